The average molecular weight is 232 g/mol. The first-order chi connectivity index (χ1) is 6.93. The van der Waals surface area contributed by atoms with Crippen molar-refractivity contribution in [2.45, 2.75) is 25.8 Å². The van der Waals surface area contributed by atoms with E-state index in [9.17, 15) is 0 Å². The summed E-state index contributed by atoms with van der Waals surface area (Å²) in [6.45, 7) is 3.91. The standard InChI is InChI=1S/C8H14ClN5O/c1-8(2,3-4-15)14-7-12-5(9)11-6(10)13-7/h15H,3-4H2,1-2H3,(H3,10,11,12,13,14). The highest BCUT2D eigenvalue weighted by Crippen LogP contribution is 2.16. The van der Waals surface area contributed by atoms with Gasteiger partial charge in [0.25, 0.3) is 0 Å². The number of nitrogens with one attached hydrogen (secondary N) is 1. The van der Waals surface area contributed by atoms with E-state index < -0.39 is 0 Å². The molecule has 0 aliphatic carbocycles. The lowest BCUT2D eigenvalue weighted by atomic mass is 10.0. The fourth-order valence-corrected chi connectivity index (χ4v) is 1.23. The monoisotopic (exact) mass is 231 g/mol. The Morgan fingerprint density at radius 2 is 2.07 bits per heavy atom. The van der Waals surface area contributed by atoms with Crippen LogP contribution in [0.4, 0.5) is 11.9 Å². The fourth-order valence-electron chi connectivity index (χ4n) is 1.07. The quantitative estimate of drug-likeness (QED) is 0.705. The average Bonchev–Trinajstić information content (AvgIpc) is 1.99. The van der Waals surface area contributed by atoms with E-state index in [0.717, 1.165) is 0 Å². The van der Waals surface area contributed by atoms with Crippen LogP contribution in [0.1, 0.15) is 20.3 Å². The van der Waals surface area contributed by atoms with E-state index in [4.69, 9.17) is 22.4 Å². The lowest BCUT2D eigenvalue weighted by molar-refractivity contribution is 0.260. The van der Waals surface area contributed by atoms with E-state index in [-0.39, 0.29) is 23.4 Å². The summed E-state index contributed by atoms with van der Waals surface area (Å²) >= 11 is 5.62. The third-order valence-electron chi connectivity index (χ3n) is 1.81. The van der Waals surface area contributed by atoms with E-state index in [1.165, 1.54) is 0 Å². The number of nitrogen functional groups attached to an aromatic ring is 1. The molecule has 0 bridgehead atoms. The molecular formula is C8H14ClN5O. The zero-order valence-electron chi connectivity index (χ0n) is 8.66. The lowest BCUT2D eigenvalue weighted by Gasteiger charge is -2.25. The molecule has 0 saturated heterocycles. The molecule has 6 nitrogen and oxygen atoms in total. The second-order valence-corrected chi connectivity index (χ2v) is 4.11. The second kappa shape index (κ2) is 4.59. The predicted molar refractivity (Wildman–Crippen MR) is 58.7 cm³/mol. The molecule has 1 aromatic rings. The Morgan fingerprint density at radius 1 is 1.40 bits per heavy atom. The molecule has 0 unspecified atom stereocenters. The fraction of sp³-hybridized carbons (Fsp3) is 0.625. The van der Waals surface area contributed by atoms with Crippen molar-refractivity contribution in [3.63, 3.8) is 0 Å². The molecule has 0 saturated carbocycles. The summed E-state index contributed by atoms with van der Waals surface area (Å²) in [4.78, 5) is 11.4. The molecule has 0 radical (unpaired) electrons. The highest BCUT2D eigenvalue weighted by molar-refractivity contribution is 6.28. The molecule has 0 aliphatic rings. The highest BCUT2D eigenvalue weighted by Gasteiger charge is 2.18. The van der Waals surface area contributed by atoms with E-state index in [1.807, 2.05) is 13.8 Å². The van der Waals surface area contributed by atoms with Crippen LogP contribution in [0, 0.1) is 0 Å². The Labute approximate surface area is 92.9 Å². The minimum Gasteiger partial charge on any atom is -0.396 e. The molecule has 0 atom stereocenters. The van der Waals surface area contributed by atoms with Crippen molar-refractivity contribution in [1.29, 1.82) is 0 Å². The van der Waals surface area contributed by atoms with Gasteiger partial charge in [-0.2, -0.15) is 15.0 Å². The Hall–Kier alpha value is -1.14. The van der Waals surface area contributed by atoms with Crippen molar-refractivity contribution in [2.75, 3.05) is 17.7 Å². The third kappa shape index (κ3) is 3.85. The van der Waals surface area contributed by atoms with Gasteiger partial charge in [0.1, 0.15) is 0 Å². The summed E-state index contributed by atoms with van der Waals surface area (Å²) < 4.78 is 0. The van der Waals surface area contributed by atoms with Gasteiger partial charge in [0.2, 0.25) is 17.2 Å². The Balaban J connectivity index is 2.80. The topological polar surface area (TPSA) is 97.0 Å². The maximum absolute atomic E-state index is 8.85. The first-order valence-corrected chi connectivity index (χ1v) is 4.87. The van der Waals surface area contributed by atoms with Gasteiger partial charge in [-0.1, -0.05) is 0 Å². The van der Waals surface area contributed by atoms with Crippen LogP contribution in [0.15, 0.2) is 0 Å². The first-order valence-electron chi connectivity index (χ1n) is 4.49. The van der Waals surface area contributed by atoms with E-state index in [2.05, 4.69) is 20.3 Å². The van der Waals surface area contributed by atoms with Crippen LogP contribution in [0.25, 0.3) is 0 Å². The molecule has 0 fully saturated rings. The van der Waals surface area contributed by atoms with Crippen LogP contribution in [-0.4, -0.2) is 32.2 Å². The zero-order valence-corrected chi connectivity index (χ0v) is 9.41. The molecule has 1 heterocycles. The van der Waals surface area contributed by atoms with Crippen LogP contribution in [-0.2, 0) is 0 Å². The van der Waals surface area contributed by atoms with Gasteiger partial charge in [0.05, 0.1) is 0 Å². The summed E-state index contributed by atoms with van der Waals surface area (Å²) in [5.74, 6) is 0.378. The van der Waals surface area contributed by atoms with Crippen molar-refractivity contribution in [3.05, 3.63) is 5.28 Å². The zero-order chi connectivity index (χ0) is 11.5. The minimum absolute atomic E-state index is 0.0461. The number of aliphatic hydroxyl groups is 1. The number of rotatable bonds is 4. The first kappa shape index (κ1) is 11.9. The molecule has 84 valence electrons. The number of nitrogens with zero attached hydrogens (tertiary/aromatic N) is 3. The van der Waals surface area contributed by atoms with Crippen LogP contribution >= 0.6 is 11.6 Å². The van der Waals surface area contributed by atoms with Crippen molar-refractivity contribution in [2.24, 2.45) is 0 Å². The molecule has 4 N–H and O–H groups in total. The number of halogens is 1. The largest absolute Gasteiger partial charge is 0.396 e. The maximum Gasteiger partial charge on any atom is 0.229 e. The number of aromatic nitrogens is 3. The van der Waals surface area contributed by atoms with Gasteiger partial charge in [-0.3, -0.25) is 0 Å². The summed E-state index contributed by atoms with van der Waals surface area (Å²) in [6, 6.07) is 0. The minimum atomic E-state index is -0.328. The molecule has 15 heavy (non-hydrogen) atoms. The van der Waals surface area contributed by atoms with Crippen LogP contribution < -0.4 is 11.1 Å². The predicted octanol–water partition coefficient (Wildman–Crippen LogP) is 0.680. The van der Waals surface area contributed by atoms with Gasteiger partial charge in [0.15, 0.2) is 0 Å². The number of anilines is 2. The normalized spacial score (nSPS) is 11.5. The van der Waals surface area contributed by atoms with E-state index >= 15 is 0 Å². The van der Waals surface area contributed by atoms with Gasteiger partial charge in [-0.05, 0) is 31.9 Å². The molecule has 7 heteroatoms. The Kier molecular flexibility index (Phi) is 3.65. The SMILES string of the molecule is CC(C)(CCO)Nc1nc(N)nc(Cl)n1. The number of hydrogen-bond acceptors (Lipinski definition) is 6. The molecule has 1 rings (SSSR count). The summed E-state index contributed by atoms with van der Waals surface area (Å²) in [6.07, 6.45) is 0.566. The molecule has 1 aromatic heterocycles. The van der Waals surface area contributed by atoms with Gasteiger partial charge >= 0.3 is 0 Å². The van der Waals surface area contributed by atoms with Crippen LogP contribution in [0.2, 0.25) is 5.28 Å². The van der Waals surface area contributed by atoms with Crippen molar-refractivity contribution >= 4 is 23.5 Å². The molecule has 0 amide bonds. The van der Waals surface area contributed by atoms with Gasteiger partial charge in [0, 0.05) is 12.1 Å². The number of hydrogen-bond donors (Lipinski definition) is 3. The van der Waals surface area contributed by atoms with Gasteiger partial charge < -0.3 is 16.2 Å². The van der Waals surface area contributed by atoms with Crippen molar-refractivity contribution in [3.8, 4) is 0 Å². The van der Waals surface area contributed by atoms with Crippen LogP contribution in [0.5, 0.6) is 0 Å². The summed E-state index contributed by atoms with van der Waals surface area (Å²) in [5.41, 5.74) is 5.09. The summed E-state index contributed by atoms with van der Waals surface area (Å²) in [5, 5.41) is 11.9. The second-order valence-electron chi connectivity index (χ2n) is 3.77. The molecule has 0 aliphatic heterocycles. The van der Waals surface area contributed by atoms with E-state index in [0.29, 0.717) is 12.4 Å². The molecular weight excluding hydrogens is 218 g/mol. The number of nitrogens with two attached hydrogens (primary N) is 1. The smallest absolute Gasteiger partial charge is 0.229 e. The maximum atomic E-state index is 8.85. The Morgan fingerprint density at radius 3 is 2.60 bits per heavy atom. The lowest BCUT2D eigenvalue weighted by Crippen LogP contribution is -2.33. The summed E-state index contributed by atoms with van der Waals surface area (Å²) in [7, 11) is 0. The van der Waals surface area contributed by atoms with Gasteiger partial charge in [-0.15, -0.1) is 0 Å². The highest BCUT2D eigenvalue weighted by atomic mass is 35.5. The number of aliphatic hydroxyl groups excluding tert-OH is 1. The third-order valence-corrected chi connectivity index (χ3v) is 1.98. The Bertz CT molecular complexity index is 324. The molecule has 0 spiro atoms. The van der Waals surface area contributed by atoms with E-state index in [1.54, 1.807) is 0 Å². The van der Waals surface area contributed by atoms with Crippen molar-refractivity contribution < 1.29 is 5.11 Å². The molecule has 0 aromatic carbocycles. The van der Waals surface area contributed by atoms with Crippen LogP contribution in [0.3, 0.4) is 0 Å². The van der Waals surface area contributed by atoms with Crippen molar-refractivity contribution in [1.82, 2.24) is 15.0 Å². The van der Waals surface area contributed by atoms with Gasteiger partial charge in [-0.25, -0.2) is 0 Å².